The number of amides is 1. The smallest absolute Gasteiger partial charge is 0.254 e. The Kier molecular flexibility index (Phi) is 5.56. The molecule has 2 aromatic rings. The summed E-state index contributed by atoms with van der Waals surface area (Å²) in [5, 5.41) is 0. The van der Waals surface area contributed by atoms with Crippen molar-refractivity contribution >= 4 is 11.6 Å². The number of anilines is 1. The molecular formula is C20H25N3O2. The highest BCUT2D eigenvalue weighted by atomic mass is 16.5. The molecule has 1 aliphatic rings. The van der Waals surface area contributed by atoms with E-state index in [1.54, 1.807) is 19.2 Å². The second kappa shape index (κ2) is 8.03. The third-order valence-corrected chi connectivity index (χ3v) is 4.64. The molecule has 5 nitrogen and oxygen atoms in total. The van der Waals surface area contributed by atoms with Gasteiger partial charge in [-0.3, -0.25) is 9.69 Å². The summed E-state index contributed by atoms with van der Waals surface area (Å²) in [4.78, 5) is 16.9. The third-order valence-electron chi connectivity index (χ3n) is 4.64. The van der Waals surface area contributed by atoms with Crippen LogP contribution < -0.4 is 10.5 Å². The SMILES string of the molecule is COc1cccc(CCN2CCN(C(=O)c3cccc(N)c3)CC2)c1. The maximum absolute atomic E-state index is 12.5. The molecule has 5 heteroatoms. The fraction of sp³-hybridized carbons (Fsp3) is 0.350. The lowest BCUT2D eigenvalue weighted by Crippen LogP contribution is -2.49. The molecule has 0 aliphatic carbocycles. The molecule has 2 aromatic carbocycles. The zero-order valence-corrected chi connectivity index (χ0v) is 14.6. The summed E-state index contributed by atoms with van der Waals surface area (Å²) in [6.45, 7) is 4.31. The fourth-order valence-corrected chi connectivity index (χ4v) is 3.14. The van der Waals surface area contributed by atoms with Crippen LogP contribution in [0.3, 0.4) is 0 Å². The number of hydrogen-bond acceptors (Lipinski definition) is 4. The highest BCUT2D eigenvalue weighted by Crippen LogP contribution is 2.15. The monoisotopic (exact) mass is 339 g/mol. The van der Waals surface area contributed by atoms with Gasteiger partial charge in [-0.15, -0.1) is 0 Å². The van der Waals surface area contributed by atoms with Crippen molar-refractivity contribution in [3.05, 3.63) is 59.7 Å². The van der Waals surface area contributed by atoms with Crippen molar-refractivity contribution in [2.75, 3.05) is 45.6 Å². The minimum atomic E-state index is 0.0692. The van der Waals surface area contributed by atoms with E-state index in [0.29, 0.717) is 11.3 Å². The van der Waals surface area contributed by atoms with E-state index in [2.05, 4.69) is 17.0 Å². The molecule has 1 amide bonds. The first-order valence-corrected chi connectivity index (χ1v) is 8.66. The van der Waals surface area contributed by atoms with Crippen LogP contribution in [-0.2, 0) is 6.42 Å². The molecule has 0 atom stereocenters. The number of nitrogens with two attached hydrogens (primary N) is 1. The van der Waals surface area contributed by atoms with Gasteiger partial charge in [-0.2, -0.15) is 0 Å². The van der Waals surface area contributed by atoms with Gasteiger partial charge < -0.3 is 15.4 Å². The first kappa shape index (κ1) is 17.3. The van der Waals surface area contributed by atoms with E-state index >= 15 is 0 Å². The van der Waals surface area contributed by atoms with Crippen molar-refractivity contribution in [2.24, 2.45) is 0 Å². The molecule has 0 spiro atoms. The van der Waals surface area contributed by atoms with Gasteiger partial charge >= 0.3 is 0 Å². The largest absolute Gasteiger partial charge is 0.497 e. The third kappa shape index (κ3) is 4.51. The summed E-state index contributed by atoms with van der Waals surface area (Å²) in [6.07, 6.45) is 0.986. The molecular weight excluding hydrogens is 314 g/mol. The first-order valence-electron chi connectivity index (χ1n) is 8.66. The van der Waals surface area contributed by atoms with Crippen LogP contribution >= 0.6 is 0 Å². The summed E-state index contributed by atoms with van der Waals surface area (Å²) >= 11 is 0. The van der Waals surface area contributed by atoms with E-state index in [9.17, 15) is 4.79 Å². The Balaban J connectivity index is 1.49. The van der Waals surface area contributed by atoms with Crippen LogP contribution in [0.4, 0.5) is 5.69 Å². The van der Waals surface area contributed by atoms with Gasteiger partial charge in [-0.1, -0.05) is 18.2 Å². The number of ether oxygens (including phenoxy) is 1. The van der Waals surface area contributed by atoms with Crippen LogP contribution in [0.25, 0.3) is 0 Å². The summed E-state index contributed by atoms with van der Waals surface area (Å²) in [5.41, 5.74) is 8.35. The normalized spacial score (nSPS) is 15.2. The van der Waals surface area contributed by atoms with Crippen molar-refractivity contribution in [3.63, 3.8) is 0 Å². The molecule has 0 bridgehead atoms. The highest BCUT2D eigenvalue weighted by Gasteiger charge is 2.22. The van der Waals surface area contributed by atoms with Gasteiger partial charge in [0.25, 0.3) is 5.91 Å². The molecule has 0 saturated carbocycles. The second-order valence-corrected chi connectivity index (χ2v) is 6.36. The average Bonchev–Trinajstić information content (AvgIpc) is 2.66. The Bertz CT molecular complexity index is 724. The fourth-order valence-electron chi connectivity index (χ4n) is 3.14. The lowest BCUT2D eigenvalue weighted by Gasteiger charge is -2.34. The number of benzene rings is 2. The predicted molar refractivity (Wildman–Crippen MR) is 99.9 cm³/mol. The summed E-state index contributed by atoms with van der Waals surface area (Å²) in [6, 6.07) is 15.4. The Morgan fingerprint density at radius 2 is 1.84 bits per heavy atom. The van der Waals surface area contributed by atoms with Crippen molar-refractivity contribution in [1.29, 1.82) is 0 Å². The van der Waals surface area contributed by atoms with Gasteiger partial charge in [0.15, 0.2) is 0 Å². The van der Waals surface area contributed by atoms with Gasteiger partial charge in [0.2, 0.25) is 0 Å². The van der Waals surface area contributed by atoms with E-state index in [0.717, 1.165) is 44.9 Å². The summed E-state index contributed by atoms with van der Waals surface area (Å²) in [5.74, 6) is 0.967. The predicted octanol–water partition coefficient (Wildman–Crippen LogP) is 2.28. The van der Waals surface area contributed by atoms with Gasteiger partial charge in [0.05, 0.1) is 7.11 Å². The van der Waals surface area contributed by atoms with Crippen molar-refractivity contribution < 1.29 is 9.53 Å². The van der Waals surface area contributed by atoms with Crippen molar-refractivity contribution in [3.8, 4) is 5.75 Å². The Labute approximate surface area is 149 Å². The number of carbonyl (C=O) groups excluding carboxylic acids is 1. The summed E-state index contributed by atoms with van der Waals surface area (Å²) < 4.78 is 5.27. The summed E-state index contributed by atoms with van der Waals surface area (Å²) in [7, 11) is 1.69. The van der Waals surface area contributed by atoms with Gasteiger partial charge in [-0.25, -0.2) is 0 Å². The van der Waals surface area contributed by atoms with E-state index < -0.39 is 0 Å². The Hall–Kier alpha value is -2.53. The molecule has 0 unspecified atom stereocenters. The molecule has 2 N–H and O–H groups in total. The number of methoxy groups -OCH3 is 1. The van der Waals surface area contributed by atoms with E-state index in [4.69, 9.17) is 10.5 Å². The lowest BCUT2D eigenvalue weighted by atomic mass is 10.1. The topological polar surface area (TPSA) is 58.8 Å². The number of rotatable bonds is 5. The number of carbonyl (C=O) groups is 1. The van der Waals surface area contributed by atoms with Gasteiger partial charge in [0.1, 0.15) is 5.75 Å². The van der Waals surface area contributed by atoms with Crippen LogP contribution in [-0.4, -0.2) is 55.5 Å². The highest BCUT2D eigenvalue weighted by molar-refractivity contribution is 5.95. The van der Waals surface area contributed by atoms with Crippen molar-refractivity contribution in [1.82, 2.24) is 9.80 Å². The molecule has 0 aromatic heterocycles. The van der Waals surface area contributed by atoms with E-state index in [-0.39, 0.29) is 5.91 Å². The minimum Gasteiger partial charge on any atom is -0.497 e. The minimum absolute atomic E-state index is 0.0692. The molecule has 3 rings (SSSR count). The molecule has 1 saturated heterocycles. The Morgan fingerprint density at radius 3 is 2.56 bits per heavy atom. The van der Waals surface area contributed by atoms with Crippen molar-refractivity contribution in [2.45, 2.75) is 6.42 Å². The second-order valence-electron chi connectivity index (χ2n) is 6.36. The standard InChI is InChI=1S/C20H25N3O2/c1-25-19-7-2-4-16(14-19)8-9-22-10-12-23(13-11-22)20(24)17-5-3-6-18(21)15-17/h2-7,14-15H,8-13,21H2,1H3. The zero-order valence-electron chi connectivity index (χ0n) is 14.6. The molecule has 132 valence electrons. The maximum atomic E-state index is 12.5. The average molecular weight is 339 g/mol. The van der Waals surface area contributed by atoms with Gasteiger partial charge in [-0.05, 0) is 42.3 Å². The van der Waals surface area contributed by atoms with Crippen LogP contribution in [0, 0.1) is 0 Å². The lowest BCUT2D eigenvalue weighted by molar-refractivity contribution is 0.0638. The molecule has 25 heavy (non-hydrogen) atoms. The maximum Gasteiger partial charge on any atom is 0.254 e. The molecule has 1 fully saturated rings. The molecule has 1 heterocycles. The van der Waals surface area contributed by atoms with Crippen LogP contribution in [0.15, 0.2) is 48.5 Å². The van der Waals surface area contributed by atoms with Crippen LogP contribution in [0.1, 0.15) is 15.9 Å². The first-order chi connectivity index (χ1) is 12.2. The molecule has 0 radical (unpaired) electrons. The van der Waals surface area contributed by atoms with Crippen LogP contribution in [0.5, 0.6) is 5.75 Å². The van der Waals surface area contributed by atoms with E-state index in [1.807, 2.05) is 29.2 Å². The number of hydrogen-bond donors (Lipinski definition) is 1. The van der Waals surface area contributed by atoms with Crippen LogP contribution in [0.2, 0.25) is 0 Å². The number of nitrogen functional groups attached to an aromatic ring is 1. The number of nitrogens with zero attached hydrogens (tertiary/aromatic N) is 2. The Morgan fingerprint density at radius 1 is 1.08 bits per heavy atom. The zero-order chi connectivity index (χ0) is 17.6. The quantitative estimate of drug-likeness (QED) is 0.849. The molecule has 1 aliphatic heterocycles. The van der Waals surface area contributed by atoms with Gasteiger partial charge in [0, 0.05) is 44.0 Å². The number of piperazine rings is 1. The van der Waals surface area contributed by atoms with E-state index in [1.165, 1.54) is 5.56 Å².